The molecule has 0 bridgehead atoms. The van der Waals surface area contributed by atoms with Crippen LogP contribution in [0, 0.1) is 12.3 Å². The van der Waals surface area contributed by atoms with Crippen LogP contribution < -0.4 is 4.90 Å². The Balaban J connectivity index is 1.55. The number of carbonyl (C=O) groups excluding carboxylic acids is 2. The number of amides is 2. The molecule has 0 aromatic carbocycles. The lowest BCUT2D eigenvalue weighted by Crippen LogP contribution is -2.50. The first-order valence-electron chi connectivity index (χ1n) is 8.39. The van der Waals surface area contributed by atoms with Crippen molar-refractivity contribution in [2.24, 2.45) is 12.5 Å². The summed E-state index contributed by atoms with van der Waals surface area (Å²) in [4.78, 5) is 30.3. The van der Waals surface area contributed by atoms with Gasteiger partial charge in [0.05, 0.1) is 22.2 Å². The second-order valence-electron chi connectivity index (χ2n) is 6.87. The molecule has 132 valence electrons. The molecule has 9 heteroatoms. The predicted molar refractivity (Wildman–Crippen MR) is 92.4 cm³/mol. The molecule has 2 aromatic heterocycles. The van der Waals surface area contributed by atoms with Crippen LogP contribution in [0.1, 0.15) is 34.6 Å². The van der Waals surface area contributed by atoms with E-state index in [-0.39, 0.29) is 11.8 Å². The molecule has 1 spiro atoms. The van der Waals surface area contributed by atoms with Gasteiger partial charge >= 0.3 is 0 Å². The number of hydrogen-bond donors (Lipinski definition) is 0. The van der Waals surface area contributed by atoms with Crippen LogP contribution in [-0.2, 0) is 11.8 Å². The van der Waals surface area contributed by atoms with Crippen molar-refractivity contribution in [3.63, 3.8) is 0 Å². The van der Waals surface area contributed by atoms with E-state index in [0.29, 0.717) is 25.3 Å². The number of carbonyl (C=O) groups is 2. The monoisotopic (exact) mass is 360 g/mol. The van der Waals surface area contributed by atoms with Gasteiger partial charge in [0.25, 0.3) is 5.91 Å². The molecule has 1 unspecified atom stereocenters. The lowest BCUT2D eigenvalue weighted by atomic mass is 9.78. The highest BCUT2D eigenvalue weighted by molar-refractivity contribution is 7.05. The minimum atomic E-state index is -0.485. The Morgan fingerprint density at radius 3 is 2.84 bits per heavy atom. The molecule has 0 aliphatic carbocycles. The number of likely N-dealkylation sites (tertiary alicyclic amines) is 1. The van der Waals surface area contributed by atoms with Gasteiger partial charge in [-0.2, -0.15) is 5.10 Å². The minimum Gasteiger partial charge on any atom is -0.336 e. The quantitative estimate of drug-likeness (QED) is 0.804. The maximum absolute atomic E-state index is 13.1. The summed E-state index contributed by atoms with van der Waals surface area (Å²) in [6.07, 6.45) is 5.98. The van der Waals surface area contributed by atoms with E-state index in [1.54, 1.807) is 20.7 Å². The first-order chi connectivity index (χ1) is 12.0. The van der Waals surface area contributed by atoms with E-state index < -0.39 is 5.41 Å². The molecule has 4 heterocycles. The van der Waals surface area contributed by atoms with Crippen LogP contribution in [0.4, 0.5) is 5.69 Å². The number of rotatable bonds is 2. The molecule has 2 saturated heterocycles. The van der Waals surface area contributed by atoms with Crippen LogP contribution >= 0.6 is 11.5 Å². The zero-order chi connectivity index (χ0) is 17.6. The molecule has 0 N–H and O–H groups in total. The van der Waals surface area contributed by atoms with Gasteiger partial charge in [-0.15, -0.1) is 5.10 Å². The van der Waals surface area contributed by atoms with Gasteiger partial charge in [-0.3, -0.25) is 14.3 Å². The highest BCUT2D eigenvalue weighted by Crippen LogP contribution is 2.42. The van der Waals surface area contributed by atoms with E-state index in [4.69, 9.17) is 0 Å². The van der Waals surface area contributed by atoms with Gasteiger partial charge in [-0.1, -0.05) is 4.49 Å². The topological polar surface area (TPSA) is 84.2 Å². The maximum Gasteiger partial charge on any atom is 0.275 e. The molecule has 1 atom stereocenters. The number of piperidine rings is 1. The van der Waals surface area contributed by atoms with Crippen molar-refractivity contribution in [3.8, 4) is 0 Å². The van der Waals surface area contributed by atoms with Crippen LogP contribution in [0.5, 0.6) is 0 Å². The number of aromatic nitrogens is 4. The Bertz CT molecular complexity index is 830. The summed E-state index contributed by atoms with van der Waals surface area (Å²) >= 11 is 1.23. The number of anilines is 1. The second-order valence-corrected chi connectivity index (χ2v) is 7.83. The SMILES string of the molecule is Cc1snnc1C(=O)N1CCCC2(CCN(c3cnn(C)c3)C2=O)C1. The fraction of sp³-hybridized carbons (Fsp3) is 0.562. The van der Waals surface area contributed by atoms with Crippen molar-refractivity contribution in [2.45, 2.75) is 26.2 Å². The smallest absolute Gasteiger partial charge is 0.275 e. The fourth-order valence-corrected chi connectivity index (χ4v) is 4.34. The average molecular weight is 360 g/mol. The van der Waals surface area contributed by atoms with Gasteiger partial charge in [0.2, 0.25) is 5.91 Å². The van der Waals surface area contributed by atoms with Gasteiger partial charge in [0.15, 0.2) is 5.69 Å². The second kappa shape index (κ2) is 5.91. The van der Waals surface area contributed by atoms with Crippen LogP contribution in [0.15, 0.2) is 12.4 Å². The number of nitrogens with zero attached hydrogens (tertiary/aromatic N) is 6. The van der Waals surface area contributed by atoms with Crippen molar-refractivity contribution in [1.29, 1.82) is 0 Å². The highest BCUT2D eigenvalue weighted by atomic mass is 32.1. The summed E-state index contributed by atoms with van der Waals surface area (Å²) in [5.74, 6) is -0.0101. The zero-order valence-corrected chi connectivity index (χ0v) is 15.1. The van der Waals surface area contributed by atoms with E-state index in [1.165, 1.54) is 11.5 Å². The van der Waals surface area contributed by atoms with Gasteiger partial charge in [0.1, 0.15) is 0 Å². The van der Waals surface area contributed by atoms with Gasteiger partial charge < -0.3 is 9.80 Å². The third-order valence-electron chi connectivity index (χ3n) is 5.23. The Kier molecular flexibility index (Phi) is 3.82. The standard InChI is InChI=1S/C16H20N6O2S/c1-11-13(18-19-25-11)14(23)21-6-3-4-16(10-21)5-7-22(15(16)24)12-8-17-20(2)9-12/h8-9H,3-7,10H2,1-2H3. The van der Waals surface area contributed by atoms with Gasteiger partial charge in [-0.25, -0.2) is 0 Å². The van der Waals surface area contributed by atoms with Gasteiger partial charge in [0, 0.05) is 32.9 Å². The van der Waals surface area contributed by atoms with Crippen LogP contribution in [-0.4, -0.2) is 55.7 Å². The van der Waals surface area contributed by atoms with Crippen molar-refractivity contribution in [1.82, 2.24) is 24.3 Å². The highest BCUT2D eigenvalue weighted by Gasteiger charge is 2.50. The zero-order valence-electron chi connectivity index (χ0n) is 14.3. The summed E-state index contributed by atoms with van der Waals surface area (Å²) in [5.41, 5.74) is 0.755. The third-order valence-corrected chi connectivity index (χ3v) is 5.86. The normalized spacial score (nSPS) is 23.7. The molecular weight excluding hydrogens is 340 g/mol. The Morgan fingerprint density at radius 2 is 2.16 bits per heavy atom. The summed E-state index contributed by atoms with van der Waals surface area (Å²) in [6.45, 7) is 3.64. The van der Waals surface area contributed by atoms with Crippen molar-refractivity contribution in [2.75, 3.05) is 24.5 Å². The fourth-order valence-electron chi connectivity index (χ4n) is 3.88. The molecule has 2 amide bonds. The molecule has 4 rings (SSSR count). The summed E-state index contributed by atoms with van der Waals surface area (Å²) in [6, 6.07) is 0. The number of hydrogen-bond acceptors (Lipinski definition) is 6. The molecule has 0 saturated carbocycles. The largest absolute Gasteiger partial charge is 0.336 e. The molecule has 8 nitrogen and oxygen atoms in total. The number of aryl methyl sites for hydroxylation is 2. The minimum absolute atomic E-state index is 0.103. The average Bonchev–Trinajstić information content (AvgIpc) is 3.29. The summed E-state index contributed by atoms with van der Waals surface area (Å²) in [5, 5.41) is 8.12. The van der Waals surface area contributed by atoms with Crippen LogP contribution in [0.2, 0.25) is 0 Å². The Labute approximate surface area is 149 Å². The third kappa shape index (κ3) is 2.62. The summed E-state index contributed by atoms with van der Waals surface area (Å²) < 4.78 is 5.55. The van der Waals surface area contributed by atoms with Gasteiger partial charge in [-0.05, 0) is 37.7 Å². The van der Waals surface area contributed by atoms with E-state index in [1.807, 2.05) is 20.2 Å². The molecule has 25 heavy (non-hydrogen) atoms. The molecule has 2 fully saturated rings. The van der Waals surface area contributed by atoms with E-state index in [2.05, 4.69) is 14.7 Å². The molecule has 2 aliphatic rings. The molecule has 2 aliphatic heterocycles. The van der Waals surface area contributed by atoms with E-state index >= 15 is 0 Å². The molecular formula is C16H20N6O2S. The van der Waals surface area contributed by atoms with Crippen LogP contribution in [0.3, 0.4) is 0 Å². The van der Waals surface area contributed by atoms with Crippen molar-refractivity contribution in [3.05, 3.63) is 23.0 Å². The van der Waals surface area contributed by atoms with Crippen molar-refractivity contribution >= 4 is 29.0 Å². The predicted octanol–water partition coefficient (Wildman–Crippen LogP) is 1.24. The Hall–Kier alpha value is -2.29. The van der Waals surface area contributed by atoms with Crippen LogP contribution in [0.25, 0.3) is 0 Å². The van der Waals surface area contributed by atoms with E-state index in [0.717, 1.165) is 29.8 Å². The summed E-state index contributed by atoms with van der Waals surface area (Å²) in [7, 11) is 1.84. The lowest BCUT2D eigenvalue weighted by Gasteiger charge is -2.38. The maximum atomic E-state index is 13.1. The lowest BCUT2D eigenvalue weighted by molar-refractivity contribution is -0.127. The Morgan fingerprint density at radius 1 is 1.32 bits per heavy atom. The van der Waals surface area contributed by atoms with Crippen molar-refractivity contribution < 1.29 is 9.59 Å². The van der Waals surface area contributed by atoms with E-state index in [9.17, 15) is 9.59 Å². The first kappa shape index (κ1) is 16.2. The first-order valence-corrected chi connectivity index (χ1v) is 9.16. The molecule has 0 radical (unpaired) electrons. The molecule has 2 aromatic rings.